The number of aliphatic hydroxyl groups is 1. The standard InChI is InChI=1S/C19H14ClN3O4S/c1-9-7-13(10(2)27-9)16(24)14-15(11-3-5-12(20)6-4-11)23(18(26)17(14)25)19-22-21-8-28-19/h3-8,15,25H,1-2H3. The summed E-state index contributed by atoms with van der Waals surface area (Å²) in [6.07, 6.45) is 0. The van der Waals surface area contributed by atoms with Crippen LogP contribution < -0.4 is 4.90 Å². The Morgan fingerprint density at radius 3 is 2.57 bits per heavy atom. The zero-order valence-corrected chi connectivity index (χ0v) is 16.4. The van der Waals surface area contributed by atoms with Crippen LogP contribution >= 0.6 is 22.9 Å². The number of aliphatic hydroxyl groups excluding tert-OH is 1. The molecule has 1 aromatic carbocycles. The summed E-state index contributed by atoms with van der Waals surface area (Å²) in [4.78, 5) is 27.4. The Kier molecular flexibility index (Phi) is 4.52. The Morgan fingerprint density at radius 2 is 2.00 bits per heavy atom. The van der Waals surface area contributed by atoms with Crippen LogP contribution in [0.5, 0.6) is 0 Å². The number of carbonyl (C=O) groups excluding carboxylic acids is 2. The second-order valence-corrected chi connectivity index (χ2v) is 7.52. The quantitative estimate of drug-likeness (QED) is 0.642. The van der Waals surface area contributed by atoms with E-state index >= 15 is 0 Å². The molecule has 1 aliphatic heterocycles. The Balaban J connectivity index is 1.89. The van der Waals surface area contributed by atoms with Crippen LogP contribution in [0.1, 0.15) is 33.5 Å². The van der Waals surface area contributed by atoms with Gasteiger partial charge in [0.25, 0.3) is 5.91 Å². The molecule has 142 valence electrons. The van der Waals surface area contributed by atoms with Gasteiger partial charge >= 0.3 is 0 Å². The van der Waals surface area contributed by atoms with Crippen LogP contribution in [0.15, 0.2) is 51.6 Å². The van der Waals surface area contributed by atoms with Gasteiger partial charge in [-0.3, -0.25) is 14.5 Å². The summed E-state index contributed by atoms with van der Waals surface area (Å²) in [6, 6.07) is 7.45. The number of aryl methyl sites for hydroxylation is 2. The highest BCUT2D eigenvalue weighted by atomic mass is 35.5. The first-order valence-corrected chi connectivity index (χ1v) is 9.54. The van der Waals surface area contributed by atoms with Gasteiger partial charge in [-0.15, -0.1) is 10.2 Å². The van der Waals surface area contributed by atoms with Crippen molar-refractivity contribution in [2.75, 3.05) is 4.90 Å². The molecule has 1 atom stereocenters. The zero-order valence-electron chi connectivity index (χ0n) is 14.8. The summed E-state index contributed by atoms with van der Waals surface area (Å²) in [7, 11) is 0. The third-order valence-corrected chi connectivity index (χ3v) is 5.42. The molecule has 0 saturated heterocycles. The van der Waals surface area contributed by atoms with Crippen molar-refractivity contribution >= 4 is 39.8 Å². The normalized spacial score (nSPS) is 16.9. The van der Waals surface area contributed by atoms with Gasteiger partial charge < -0.3 is 9.52 Å². The smallest absolute Gasteiger partial charge is 0.296 e. The van der Waals surface area contributed by atoms with Gasteiger partial charge in [-0.1, -0.05) is 35.1 Å². The predicted molar refractivity (Wildman–Crippen MR) is 104 cm³/mol. The molecular weight excluding hydrogens is 402 g/mol. The average molecular weight is 416 g/mol. The molecule has 0 bridgehead atoms. The zero-order chi connectivity index (χ0) is 20.0. The number of benzene rings is 1. The van der Waals surface area contributed by atoms with E-state index in [9.17, 15) is 14.7 Å². The predicted octanol–water partition coefficient (Wildman–Crippen LogP) is 4.18. The highest BCUT2D eigenvalue weighted by Crippen LogP contribution is 2.42. The summed E-state index contributed by atoms with van der Waals surface area (Å²) >= 11 is 7.12. The van der Waals surface area contributed by atoms with Crippen LogP contribution in [-0.4, -0.2) is 27.0 Å². The van der Waals surface area contributed by atoms with Gasteiger partial charge in [0, 0.05) is 5.02 Å². The number of aromatic nitrogens is 2. The number of hydrogen-bond donors (Lipinski definition) is 1. The molecule has 7 nitrogen and oxygen atoms in total. The summed E-state index contributed by atoms with van der Waals surface area (Å²) in [5.41, 5.74) is 2.34. The van der Waals surface area contributed by atoms with E-state index in [0.29, 0.717) is 27.7 Å². The summed E-state index contributed by atoms with van der Waals surface area (Å²) < 4.78 is 5.45. The van der Waals surface area contributed by atoms with Gasteiger partial charge in [-0.2, -0.15) is 0 Å². The van der Waals surface area contributed by atoms with Crippen molar-refractivity contribution in [3.63, 3.8) is 0 Å². The maximum Gasteiger partial charge on any atom is 0.296 e. The van der Waals surface area contributed by atoms with Crippen molar-refractivity contribution in [3.8, 4) is 0 Å². The van der Waals surface area contributed by atoms with Gasteiger partial charge in [0.1, 0.15) is 17.0 Å². The van der Waals surface area contributed by atoms with Crippen molar-refractivity contribution < 1.29 is 19.1 Å². The number of Topliss-reactive ketones (excluding diaryl/α,β-unsaturated/α-hetero) is 1. The Bertz CT molecular complexity index is 1100. The molecule has 2 aromatic heterocycles. The fraction of sp³-hybridized carbons (Fsp3) is 0.158. The van der Waals surface area contributed by atoms with Crippen LogP contribution in [0.4, 0.5) is 5.13 Å². The number of halogens is 1. The lowest BCUT2D eigenvalue weighted by molar-refractivity contribution is -0.117. The van der Waals surface area contributed by atoms with Crippen molar-refractivity contribution in [3.05, 3.63) is 74.8 Å². The highest BCUT2D eigenvalue weighted by molar-refractivity contribution is 7.13. The highest BCUT2D eigenvalue weighted by Gasteiger charge is 2.46. The largest absolute Gasteiger partial charge is 0.503 e. The van der Waals surface area contributed by atoms with E-state index in [1.54, 1.807) is 44.2 Å². The first-order chi connectivity index (χ1) is 13.4. The average Bonchev–Trinajstić information content (AvgIpc) is 3.35. The summed E-state index contributed by atoms with van der Waals surface area (Å²) in [5.74, 6) is -0.822. The van der Waals surface area contributed by atoms with Crippen molar-refractivity contribution in [1.29, 1.82) is 0 Å². The molecule has 3 aromatic rings. The number of ketones is 1. The van der Waals surface area contributed by atoms with Gasteiger partial charge in [0.15, 0.2) is 11.5 Å². The molecule has 28 heavy (non-hydrogen) atoms. The molecule has 1 amide bonds. The van der Waals surface area contributed by atoms with Crippen LogP contribution in [0, 0.1) is 13.8 Å². The second-order valence-electron chi connectivity index (χ2n) is 6.27. The molecule has 1 N–H and O–H groups in total. The number of rotatable bonds is 4. The van der Waals surface area contributed by atoms with E-state index in [1.807, 2.05) is 0 Å². The molecule has 0 aliphatic carbocycles. The molecule has 0 fully saturated rings. The molecule has 0 radical (unpaired) electrons. The van der Waals surface area contributed by atoms with Crippen molar-refractivity contribution in [2.24, 2.45) is 0 Å². The lowest BCUT2D eigenvalue weighted by Gasteiger charge is -2.24. The number of amides is 1. The maximum atomic E-state index is 13.3. The van der Waals surface area contributed by atoms with E-state index in [4.69, 9.17) is 16.0 Å². The topological polar surface area (TPSA) is 96.5 Å². The number of anilines is 1. The van der Waals surface area contributed by atoms with Gasteiger partial charge in [0.2, 0.25) is 5.13 Å². The van der Waals surface area contributed by atoms with Crippen molar-refractivity contribution in [2.45, 2.75) is 19.9 Å². The van der Waals surface area contributed by atoms with E-state index in [0.717, 1.165) is 11.3 Å². The van der Waals surface area contributed by atoms with Gasteiger partial charge in [-0.05, 0) is 37.6 Å². The molecule has 4 rings (SSSR count). The third-order valence-electron chi connectivity index (χ3n) is 4.48. The van der Waals surface area contributed by atoms with E-state index in [1.165, 1.54) is 10.4 Å². The minimum absolute atomic E-state index is 0.0357. The second kappa shape index (κ2) is 6.88. The minimum Gasteiger partial charge on any atom is -0.503 e. The first-order valence-electron chi connectivity index (χ1n) is 8.28. The minimum atomic E-state index is -0.861. The van der Waals surface area contributed by atoms with E-state index in [2.05, 4.69) is 10.2 Å². The van der Waals surface area contributed by atoms with E-state index in [-0.39, 0.29) is 10.7 Å². The van der Waals surface area contributed by atoms with Crippen LogP contribution in [0.2, 0.25) is 5.02 Å². The molecule has 0 saturated carbocycles. The van der Waals surface area contributed by atoms with Gasteiger partial charge in [0.05, 0.1) is 17.2 Å². The number of hydrogen-bond acceptors (Lipinski definition) is 7. The third kappa shape index (κ3) is 2.90. The monoisotopic (exact) mass is 415 g/mol. The lowest BCUT2D eigenvalue weighted by atomic mass is 9.93. The van der Waals surface area contributed by atoms with Crippen LogP contribution in [0.3, 0.4) is 0 Å². The number of furan rings is 1. The van der Waals surface area contributed by atoms with Crippen LogP contribution in [0.25, 0.3) is 0 Å². The summed E-state index contributed by atoms with van der Waals surface area (Å²) in [5, 5.41) is 19.1. The Labute approximate surface area is 168 Å². The Morgan fingerprint density at radius 1 is 1.29 bits per heavy atom. The van der Waals surface area contributed by atoms with E-state index < -0.39 is 23.5 Å². The molecule has 9 heteroatoms. The SMILES string of the molecule is Cc1cc(C(=O)C2=C(O)C(=O)N(c3nncs3)C2c2ccc(Cl)cc2)c(C)o1. The number of nitrogens with zero attached hydrogens (tertiary/aromatic N) is 3. The number of carbonyl (C=O) groups is 2. The van der Waals surface area contributed by atoms with Crippen molar-refractivity contribution in [1.82, 2.24) is 10.2 Å². The molecule has 0 spiro atoms. The first kappa shape index (κ1) is 18.4. The van der Waals surface area contributed by atoms with Gasteiger partial charge in [-0.25, -0.2) is 0 Å². The molecule has 1 unspecified atom stereocenters. The van der Waals surface area contributed by atoms with Crippen LogP contribution in [-0.2, 0) is 4.79 Å². The molecule has 3 heterocycles. The summed E-state index contributed by atoms with van der Waals surface area (Å²) in [6.45, 7) is 3.39. The maximum absolute atomic E-state index is 13.3. The Hall–Kier alpha value is -2.97. The fourth-order valence-corrected chi connectivity index (χ4v) is 3.98. The molecule has 1 aliphatic rings. The lowest BCUT2D eigenvalue weighted by Crippen LogP contribution is -2.31. The molecular formula is C19H14ClN3O4S. The fourth-order valence-electron chi connectivity index (χ4n) is 3.27.